The number of para-hydroxylation sites is 2. The molecule has 6 heteroatoms. The summed E-state index contributed by atoms with van der Waals surface area (Å²) in [6.07, 6.45) is 2.72. The second-order valence-corrected chi connectivity index (χ2v) is 6.19. The molecule has 6 nitrogen and oxygen atoms in total. The lowest BCUT2D eigenvalue weighted by Crippen LogP contribution is -2.27. The highest BCUT2D eigenvalue weighted by molar-refractivity contribution is 5.87. The molecule has 4 rings (SSSR count). The predicted octanol–water partition coefficient (Wildman–Crippen LogP) is 2.62. The second kappa shape index (κ2) is 6.47. The summed E-state index contributed by atoms with van der Waals surface area (Å²) >= 11 is 0. The van der Waals surface area contributed by atoms with Gasteiger partial charge in [0.15, 0.2) is 0 Å². The van der Waals surface area contributed by atoms with Crippen LogP contribution in [-0.2, 0) is 0 Å². The Morgan fingerprint density at radius 2 is 2.16 bits per heavy atom. The Kier molecular flexibility index (Phi) is 4.01. The highest BCUT2D eigenvalue weighted by Gasteiger charge is 2.25. The first kappa shape index (κ1) is 15.5. The fourth-order valence-electron chi connectivity index (χ4n) is 3.41. The molecule has 1 aliphatic heterocycles. The van der Waals surface area contributed by atoms with Gasteiger partial charge in [0.25, 0.3) is 5.56 Å². The average molecular weight is 336 g/mol. The van der Waals surface area contributed by atoms with Crippen LogP contribution in [0.25, 0.3) is 11.0 Å². The molecule has 128 valence electrons. The number of H-pyrrole nitrogens is 1. The van der Waals surface area contributed by atoms with Crippen LogP contribution in [0, 0.1) is 0 Å². The van der Waals surface area contributed by atoms with Crippen molar-refractivity contribution in [3.63, 3.8) is 0 Å². The lowest BCUT2D eigenvalue weighted by molar-refractivity contribution is 0.415. The molecule has 1 saturated heterocycles. The summed E-state index contributed by atoms with van der Waals surface area (Å²) in [5, 5.41) is 3.50. The maximum Gasteiger partial charge on any atom is 0.250 e. The summed E-state index contributed by atoms with van der Waals surface area (Å²) in [6, 6.07) is 13.6. The zero-order valence-corrected chi connectivity index (χ0v) is 14.0. The zero-order valence-electron chi connectivity index (χ0n) is 14.0. The van der Waals surface area contributed by atoms with E-state index in [1.54, 1.807) is 19.4 Å². The van der Waals surface area contributed by atoms with Crippen LogP contribution in [-0.4, -0.2) is 36.2 Å². The van der Waals surface area contributed by atoms with Crippen LogP contribution in [0.15, 0.2) is 53.5 Å². The van der Waals surface area contributed by atoms with E-state index in [-0.39, 0.29) is 11.6 Å². The topological polar surface area (TPSA) is 70.2 Å². The van der Waals surface area contributed by atoms with Gasteiger partial charge in [0, 0.05) is 31.4 Å². The summed E-state index contributed by atoms with van der Waals surface area (Å²) in [4.78, 5) is 21.4. The van der Waals surface area contributed by atoms with Crippen molar-refractivity contribution in [3.05, 3.63) is 59.0 Å². The minimum absolute atomic E-state index is 0.123. The Morgan fingerprint density at radius 1 is 1.28 bits per heavy atom. The highest BCUT2D eigenvalue weighted by Crippen LogP contribution is 2.31. The Balaban J connectivity index is 1.57. The van der Waals surface area contributed by atoms with Gasteiger partial charge in [-0.25, -0.2) is 0 Å². The van der Waals surface area contributed by atoms with E-state index in [0.29, 0.717) is 0 Å². The molecule has 3 heterocycles. The number of hydrogen-bond donors (Lipinski definition) is 2. The minimum atomic E-state index is -0.123. The number of aromatic nitrogens is 2. The molecular weight excluding hydrogens is 316 g/mol. The quantitative estimate of drug-likeness (QED) is 0.766. The molecule has 2 aromatic heterocycles. The van der Waals surface area contributed by atoms with Gasteiger partial charge in [0.2, 0.25) is 0 Å². The zero-order chi connectivity index (χ0) is 17.2. The molecular formula is C19H20N4O2. The van der Waals surface area contributed by atoms with Crippen LogP contribution in [0.1, 0.15) is 6.42 Å². The van der Waals surface area contributed by atoms with Crippen LogP contribution in [0.4, 0.5) is 11.4 Å². The molecule has 0 saturated carbocycles. The molecule has 0 spiro atoms. The van der Waals surface area contributed by atoms with Gasteiger partial charge in [-0.2, -0.15) is 0 Å². The van der Waals surface area contributed by atoms with Crippen molar-refractivity contribution in [3.8, 4) is 5.75 Å². The number of rotatable bonds is 4. The third-order valence-electron chi connectivity index (χ3n) is 4.57. The minimum Gasteiger partial charge on any atom is -0.495 e. The Labute approximate surface area is 145 Å². The van der Waals surface area contributed by atoms with Crippen LogP contribution < -0.4 is 20.5 Å². The highest BCUT2D eigenvalue weighted by atomic mass is 16.5. The fraction of sp³-hybridized carbons (Fsp3) is 0.263. The maximum atomic E-state index is 11.9. The Morgan fingerprint density at radius 3 is 3.04 bits per heavy atom. The molecule has 0 radical (unpaired) electrons. The van der Waals surface area contributed by atoms with Crippen molar-refractivity contribution in [2.24, 2.45) is 0 Å². The largest absolute Gasteiger partial charge is 0.495 e. The standard InChI is InChI=1S/C19H20N4O2/c1-25-17-7-3-2-6-16(17)23-10-8-13(12-23)21-15-11-18(24)22-14-5-4-9-20-19(14)15/h2-7,9,11,13H,8,10,12H2,1H3,(H2,21,22,24). The first-order chi connectivity index (χ1) is 12.2. The van der Waals surface area contributed by atoms with Gasteiger partial charge in [0.1, 0.15) is 11.3 Å². The van der Waals surface area contributed by atoms with E-state index >= 15 is 0 Å². The number of methoxy groups -OCH3 is 1. The number of benzene rings is 1. The first-order valence-corrected chi connectivity index (χ1v) is 8.37. The van der Waals surface area contributed by atoms with Gasteiger partial charge < -0.3 is 19.9 Å². The molecule has 25 heavy (non-hydrogen) atoms. The van der Waals surface area contributed by atoms with Gasteiger partial charge in [-0.05, 0) is 30.7 Å². The van der Waals surface area contributed by atoms with Crippen LogP contribution in [0.3, 0.4) is 0 Å². The number of pyridine rings is 2. The van der Waals surface area contributed by atoms with Crippen molar-refractivity contribution in [2.45, 2.75) is 12.5 Å². The molecule has 1 fully saturated rings. The van der Waals surface area contributed by atoms with Crippen LogP contribution in [0.5, 0.6) is 5.75 Å². The van der Waals surface area contributed by atoms with E-state index in [1.807, 2.05) is 30.3 Å². The van der Waals surface area contributed by atoms with E-state index in [4.69, 9.17) is 4.74 Å². The molecule has 3 aromatic rings. The van der Waals surface area contributed by atoms with Gasteiger partial charge in [0.05, 0.1) is 24.0 Å². The lowest BCUT2D eigenvalue weighted by atomic mass is 10.2. The first-order valence-electron chi connectivity index (χ1n) is 8.37. The summed E-state index contributed by atoms with van der Waals surface area (Å²) in [6.45, 7) is 1.79. The Hall–Kier alpha value is -3.02. The van der Waals surface area contributed by atoms with E-state index in [1.165, 1.54) is 0 Å². The summed E-state index contributed by atoms with van der Waals surface area (Å²) in [7, 11) is 1.69. The molecule has 2 N–H and O–H groups in total. The number of fused-ring (bicyclic) bond motifs is 1. The molecule has 0 amide bonds. The number of aromatic amines is 1. The van der Waals surface area contributed by atoms with Crippen molar-refractivity contribution in [1.82, 2.24) is 9.97 Å². The molecule has 1 aromatic carbocycles. The van der Waals surface area contributed by atoms with Gasteiger partial charge in [-0.3, -0.25) is 9.78 Å². The van der Waals surface area contributed by atoms with E-state index in [0.717, 1.165) is 47.7 Å². The fourth-order valence-corrected chi connectivity index (χ4v) is 3.41. The monoisotopic (exact) mass is 336 g/mol. The van der Waals surface area contributed by atoms with Crippen molar-refractivity contribution in [2.75, 3.05) is 30.4 Å². The summed E-state index contributed by atoms with van der Waals surface area (Å²) < 4.78 is 5.47. The van der Waals surface area contributed by atoms with E-state index in [9.17, 15) is 4.79 Å². The third-order valence-corrected chi connectivity index (χ3v) is 4.57. The summed E-state index contributed by atoms with van der Waals surface area (Å²) in [5.41, 5.74) is 3.30. The molecule has 1 atom stereocenters. The number of ether oxygens (including phenoxy) is 1. The molecule has 1 unspecified atom stereocenters. The molecule has 1 aliphatic rings. The van der Waals surface area contributed by atoms with Gasteiger partial charge >= 0.3 is 0 Å². The predicted molar refractivity (Wildman–Crippen MR) is 99.6 cm³/mol. The normalized spacial score (nSPS) is 17.0. The van der Waals surface area contributed by atoms with E-state index in [2.05, 4.69) is 26.3 Å². The molecule has 0 bridgehead atoms. The van der Waals surface area contributed by atoms with Gasteiger partial charge in [-0.15, -0.1) is 0 Å². The lowest BCUT2D eigenvalue weighted by Gasteiger charge is -2.21. The third kappa shape index (κ3) is 3.03. The average Bonchev–Trinajstić information content (AvgIpc) is 3.10. The SMILES string of the molecule is COc1ccccc1N1CCC(Nc2cc(=O)[nH]c3cccnc23)C1. The van der Waals surface area contributed by atoms with Crippen molar-refractivity contribution < 1.29 is 4.74 Å². The van der Waals surface area contributed by atoms with Crippen LogP contribution >= 0.6 is 0 Å². The van der Waals surface area contributed by atoms with Crippen LogP contribution in [0.2, 0.25) is 0 Å². The number of hydrogen-bond acceptors (Lipinski definition) is 5. The number of nitrogens with one attached hydrogen (secondary N) is 2. The second-order valence-electron chi connectivity index (χ2n) is 6.19. The van der Waals surface area contributed by atoms with E-state index < -0.39 is 0 Å². The van der Waals surface area contributed by atoms with Gasteiger partial charge in [-0.1, -0.05) is 12.1 Å². The van der Waals surface area contributed by atoms with Crippen molar-refractivity contribution in [1.29, 1.82) is 0 Å². The number of nitrogens with zero attached hydrogens (tertiary/aromatic N) is 2. The summed E-state index contributed by atoms with van der Waals surface area (Å²) in [5.74, 6) is 0.881. The number of anilines is 2. The molecule has 0 aliphatic carbocycles. The smallest absolute Gasteiger partial charge is 0.250 e. The Bertz CT molecular complexity index is 953. The van der Waals surface area contributed by atoms with Crippen molar-refractivity contribution >= 4 is 22.4 Å². The maximum absolute atomic E-state index is 11.9.